The van der Waals surface area contributed by atoms with E-state index in [1.165, 1.54) is 11.0 Å². The lowest BCUT2D eigenvalue weighted by molar-refractivity contribution is -0.0957. The van der Waals surface area contributed by atoms with Crippen LogP contribution < -0.4 is 0 Å². The predicted octanol–water partition coefficient (Wildman–Crippen LogP) is 3.03. The number of hydrogen-bond acceptors (Lipinski definition) is 4. The fourth-order valence-corrected chi connectivity index (χ4v) is 3.65. The van der Waals surface area contributed by atoms with Crippen LogP contribution in [-0.4, -0.2) is 45.2 Å². The van der Waals surface area contributed by atoms with Crippen LogP contribution in [0.4, 0.5) is 13.6 Å². The zero-order valence-corrected chi connectivity index (χ0v) is 14.3. The number of piperidine rings is 1. The standard InChI is InChI=1S/C17H22F2N2O4/c1-16(2,3)14-11(9-20-25)17(24,6-7-21(14)15(22)23)10-4-5-12(18)13(19)8-10/h4-5,8-9,11,14,24-25H,6-7H2,1-3H3,(H,22,23)/t11-,14?,17-/m0/s1. The van der Waals surface area contributed by atoms with Gasteiger partial charge in [-0.3, -0.25) is 0 Å². The summed E-state index contributed by atoms with van der Waals surface area (Å²) in [5, 5.41) is 32.8. The van der Waals surface area contributed by atoms with Crippen molar-refractivity contribution in [3.05, 3.63) is 35.4 Å². The molecule has 0 saturated carbocycles. The van der Waals surface area contributed by atoms with E-state index in [0.29, 0.717) is 0 Å². The average molecular weight is 356 g/mol. The highest BCUT2D eigenvalue weighted by atomic mass is 19.2. The van der Waals surface area contributed by atoms with Crippen molar-refractivity contribution >= 4 is 12.3 Å². The molecule has 3 atom stereocenters. The van der Waals surface area contributed by atoms with Gasteiger partial charge in [-0.05, 0) is 29.5 Å². The highest BCUT2D eigenvalue weighted by molar-refractivity contribution is 5.70. The number of hydrogen-bond donors (Lipinski definition) is 3. The van der Waals surface area contributed by atoms with Crippen LogP contribution in [0, 0.1) is 23.0 Å². The van der Waals surface area contributed by atoms with E-state index in [9.17, 15) is 23.8 Å². The van der Waals surface area contributed by atoms with Crippen LogP contribution >= 0.6 is 0 Å². The van der Waals surface area contributed by atoms with Crippen molar-refractivity contribution < 1.29 is 29.0 Å². The molecule has 0 spiro atoms. The van der Waals surface area contributed by atoms with E-state index in [2.05, 4.69) is 5.16 Å². The van der Waals surface area contributed by atoms with Gasteiger partial charge in [-0.2, -0.15) is 0 Å². The van der Waals surface area contributed by atoms with Gasteiger partial charge in [0.25, 0.3) is 0 Å². The molecule has 25 heavy (non-hydrogen) atoms. The van der Waals surface area contributed by atoms with E-state index >= 15 is 0 Å². The Morgan fingerprint density at radius 3 is 2.48 bits per heavy atom. The number of halogens is 2. The van der Waals surface area contributed by atoms with E-state index in [1.54, 1.807) is 20.8 Å². The highest BCUT2D eigenvalue weighted by Gasteiger charge is 2.53. The number of nitrogens with zero attached hydrogens (tertiary/aromatic N) is 2. The Morgan fingerprint density at radius 2 is 2.00 bits per heavy atom. The minimum atomic E-state index is -1.70. The maximum Gasteiger partial charge on any atom is 0.407 e. The molecule has 1 aliphatic heterocycles. The first-order chi connectivity index (χ1) is 11.5. The molecule has 0 aliphatic carbocycles. The Kier molecular flexibility index (Phi) is 5.04. The molecule has 8 heteroatoms. The summed E-state index contributed by atoms with van der Waals surface area (Å²) in [4.78, 5) is 12.8. The lowest BCUT2D eigenvalue weighted by Crippen LogP contribution is -2.62. The number of carbonyl (C=O) groups is 1. The predicted molar refractivity (Wildman–Crippen MR) is 86.6 cm³/mol. The maximum absolute atomic E-state index is 13.7. The lowest BCUT2D eigenvalue weighted by Gasteiger charge is -2.52. The van der Waals surface area contributed by atoms with Crippen LogP contribution in [0.5, 0.6) is 0 Å². The van der Waals surface area contributed by atoms with Gasteiger partial charge >= 0.3 is 6.09 Å². The minimum absolute atomic E-state index is 0.00251. The van der Waals surface area contributed by atoms with Gasteiger partial charge in [0.05, 0.1) is 18.2 Å². The summed E-state index contributed by atoms with van der Waals surface area (Å²) in [5.41, 5.74) is -2.21. The summed E-state index contributed by atoms with van der Waals surface area (Å²) >= 11 is 0. The number of carboxylic acid groups (broad SMARTS) is 1. The molecular formula is C17H22F2N2O4. The van der Waals surface area contributed by atoms with Crippen molar-refractivity contribution in [2.24, 2.45) is 16.5 Å². The normalized spacial score (nSPS) is 27.7. The van der Waals surface area contributed by atoms with Crippen molar-refractivity contribution in [2.75, 3.05) is 6.54 Å². The molecule has 1 aromatic rings. The van der Waals surface area contributed by atoms with Crippen LogP contribution in [0.25, 0.3) is 0 Å². The number of aliphatic hydroxyl groups is 1. The van der Waals surface area contributed by atoms with Gasteiger partial charge in [-0.25, -0.2) is 13.6 Å². The smallest absolute Gasteiger partial charge is 0.407 e. The van der Waals surface area contributed by atoms with E-state index in [0.717, 1.165) is 18.3 Å². The van der Waals surface area contributed by atoms with Gasteiger partial charge in [0.15, 0.2) is 11.6 Å². The molecule has 1 unspecified atom stereocenters. The van der Waals surface area contributed by atoms with Gasteiger partial charge in [0.1, 0.15) is 5.60 Å². The molecular weight excluding hydrogens is 334 g/mol. The number of amides is 1. The quantitative estimate of drug-likeness (QED) is 0.431. The second-order valence-corrected chi connectivity index (χ2v) is 7.38. The molecule has 0 bridgehead atoms. The molecule has 1 fully saturated rings. The number of benzene rings is 1. The van der Waals surface area contributed by atoms with Gasteiger partial charge in [-0.1, -0.05) is 26.8 Å². The molecule has 3 N–H and O–H groups in total. The second kappa shape index (κ2) is 6.59. The van der Waals surface area contributed by atoms with Crippen LogP contribution in [0.1, 0.15) is 32.8 Å². The zero-order valence-electron chi connectivity index (χ0n) is 14.3. The Hall–Kier alpha value is -2.22. The van der Waals surface area contributed by atoms with Gasteiger partial charge in [0.2, 0.25) is 0 Å². The third-order valence-corrected chi connectivity index (χ3v) is 4.74. The van der Waals surface area contributed by atoms with Crippen molar-refractivity contribution in [1.29, 1.82) is 0 Å². The van der Waals surface area contributed by atoms with Crippen LogP contribution in [0.2, 0.25) is 0 Å². The number of rotatable bonds is 2. The molecule has 0 aromatic heterocycles. The summed E-state index contributed by atoms with van der Waals surface area (Å²) in [7, 11) is 0. The molecule has 1 aromatic carbocycles. The summed E-state index contributed by atoms with van der Waals surface area (Å²) in [6, 6.07) is 2.31. The van der Waals surface area contributed by atoms with Crippen molar-refractivity contribution in [2.45, 2.75) is 38.8 Å². The molecule has 1 amide bonds. The first-order valence-corrected chi connectivity index (χ1v) is 7.87. The first kappa shape index (κ1) is 19.1. The zero-order chi connectivity index (χ0) is 19.0. The first-order valence-electron chi connectivity index (χ1n) is 7.87. The monoisotopic (exact) mass is 356 g/mol. The number of oxime groups is 1. The lowest BCUT2D eigenvalue weighted by atomic mass is 9.65. The SMILES string of the molecule is CC(C)(C)C1[C@H](C=NO)[C@@](O)(c2ccc(F)c(F)c2)CCN1C(=O)O. The Morgan fingerprint density at radius 1 is 1.36 bits per heavy atom. The van der Waals surface area contributed by atoms with Gasteiger partial charge < -0.3 is 20.3 Å². The van der Waals surface area contributed by atoms with Gasteiger partial charge in [0, 0.05) is 6.54 Å². The van der Waals surface area contributed by atoms with E-state index in [-0.39, 0.29) is 18.5 Å². The van der Waals surface area contributed by atoms with Gasteiger partial charge in [-0.15, -0.1) is 5.16 Å². The fourth-order valence-electron chi connectivity index (χ4n) is 3.65. The molecule has 0 radical (unpaired) electrons. The van der Waals surface area contributed by atoms with Crippen molar-refractivity contribution in [3.8, 4) is 0 Å². The van der Waals surface area contributed by atoms with Crippen molar-refractivity contribution in [3.63, 3.8) is 0 Å². The van der Waals surface area contributed by atoms with Crippen LogP contribution in [0.3, 0.4) is 0 Å². The largest absolute Gasteiger partial charge is 0.465 e. The molecule has 6 nitrogen and oxygen atoms in total. The Balaban J connectivity index is 2.61. The highest BCUT2D eigenvalue weighted by Crippen LogP contribution is 2.45. The van der Waals surface area contributed by atoms with E-state index in [4.69, 9.17) is 5.21 Å². The minimum Gasteiger partial charge on any atom is -0.465 e. The summed E-state index contributed by atoms with van der Waals surface area (Å²) in [5.74, 6) is -3.11. The second-order valence-electron chi connectivity index (χ2n) is 7.38. The summed E-state index contributed by atoms with van der Waals surface area (Å²) in [6.07, 6.45) is -0.150. The van der Waals surface area contributed by atoms with E-state index < -0.39 is 40.7 Å². The third kappa shape index (κ3) is 3.44. The number of likely N-dealkylation sites (tertiary alicyclic amines) is 1. The topological polar surface area (TPSA) is 93.4 Å². The molecule has 1 saturated heterocycles. The Bertz CT molecular complexity index is 690. The summed E-state index contributed by atoms with van der Waals surface area (Å²) in [6.45, 7) is 5.39. The molecule has 2 rings (SSSR count). The third-order valence-electron chi connectivity index (χ3n) is 4.74. The Labute approximate surface area is 144 Å². The van der Waals surface area contributed by atoms with Crippen LogP contribution in [-0.2, 0) is 5.60 Å². The van der Waals surface area contributed by atoms with E-state index in [1.807, 2.05) is 0 Å². The molecule has 1 aliphatic rings. The summed E-state index contributed by atoms with van der Waals surface area (Å²) < 4.78 is 26.9. The van der Waals surface area contributed by atoms with Crippen molar-refractivity contribution in [1.82, 2.24) is 4.90 Å². The average Bonchev–Trinajstić information content (AvgIpc) is 2.50. The van der Waals surface area contributed by atoms with Crippen LogP contribution in [0.15, 0.2) is 23.4 Å². The maximum atomic E-state index is 13.7. The fraction of sp³-hybridized carbons (Fsp3) is 0.529. The molecule has 138 valence electrons. The molecule has 1 heterocycles.